The van der Waals surface area contributed by atoms with Gasteiger partial charge < -0.3 is 19.8 Å². The summed E-state index contributed by atoms with van der Waals surface area (Å²) in [5.74, 6) is -2.41. The standard InChI is InChI=1S/C25H20F2N6O5/c1-13(26)37-16-4-2-3-14(7-16)10-29-24(35)20-9-19(31-22-17(27)12-30-33(20)22)23(34)28-11-15-5-6-21-18(8-15)32-25(36)38-21/h2-9,12-13H,10-11H2,1H3,(H,28,34)(H,29,35)(H,32,36). The van der Waals surface area contributed by atoms with Crippen LogP contribution in [0.1, 0.15) is 39.0 Å². The minimum Gasteiger partial charge on any atom is -0.461 e. The van der Waals surface area contributed by atoms with Gasteiger partial charge in [-0.25, -0.2) is 23.1 Å². The predicted molar refractivity (Wildman–Crippen MR) is 130 cm³/mol. The number of halogens is 2. The van der Waals surface area contributed by atoms with Gasteiger partial charge in [0, 0.05) is 26.1 Å². The highest BCUT2D eigenvalue weighted by molar-refractivity contribution is 5.98. The van der Waals surface area contributed by atoms with Crippen molar-refractivity contribution in [2.75, 3.05) is 0 Å². The Balaban J connectivity index is 1.34. The number of amides is 2. The SMILES string of the molecule is CC(F)Oc1cccc(CNC(=O)c2cc(C(=O)NCc3ccc4oc(=O)[nH]c4c3)nc3c(F)cnn23)c1. The second-order valence-corrected chi connectivity index (χ2v) is 8.27. The zero-order valence-corrected chi connectivity index (χ0v) is 19.8. The van der Waals surface area contributed by atoms with Crippen molar-refractivity contribution in [3.63, 3.8) is 0 Å². The molecule has 0 aliphatic carbocycles. The van der Waals surface area contributed by atoms with Gasteiger partial charge in [0.2, 0.25) is 6.36 Å². The van der Waals surface area contributed by atoms with Crippen LogP contribution in [0.25, 0.3) is 16.7 Å². The Labute approximate surface area is 212 Å². The highest BCUT2D eigenvalue weighted by Gasteiger charge is 2.20. The van der Waals surface area contributed by atoms with Crippen molar-refractivity contribution < 1.29 is 27.5 Å². The van der Waals surface area contributed by atoms with Crippen LogP contribution in [0.4, 0.5) is 8.78 Å². The Hall–Kier alpha value is -5.07. The molecule has 0 saturated heterocycles. The van der Waals surface area contributed by atoms with E-state index in [-0.39, 0.29) is 30.1 Å². The zero-order valence-electron chi connectivity index (χ0n) is 19.8. The van der Waals surface area contributed by atoms with Crippen molar-refractivity contribution in [1.82, 2.24) is 30.2 Å². The van der Waals surface area contributed by atoms with Crippen LogP contribution in [0, 0.1) is 5.82 Å². The lowest BCUT2D eigenvalue weighted by atomic mass is 10.2. The van der Waals surface area contributed by atoms with Crippen molar-refractivity contribution in [3.8, 4) is 5.75 Å². The van der Waals surface area contributed by atoms with Gasteiger partial charge in [-0.05, 0) is 35.4 Å². The highest BCUT2D eigenvalue weighted by Crippen LogP contribution is 2.17. The number of nitrogens with zero attached hydrogens (tertiary/aromatic N) is 3. The molecule has 0 aliphatic rings. The van der Waals surface area contributed by atoms with Crippen LogP contribution in [0.15, 0.2) is 63.9 Å². The number of carbonyl (C=O) groups excluding carboxylic acids is 2. The Bertz CT molecular complexity index is 1720. The number of hydrogen-bond donors (Lipinski definition) is 3. The van der Waals surface area contributed by atoms with Crippen LogP contribution < -0.4 is 21.1 Å². The summed E-state index contributed by atoms with van der Waals surface area (Å²) in [4.78, 5) is 43.8. The second kappa shape index (κ2) is 10.1. The lowest BCUT2D eigenvalue weighted by Gasteiger charge is -2.11. The van der Waals surface area contributed by atoms with E-state index in [1.165, 1.54) is 13.0 Å². The number of aromatic nitrogens is 4. The van der Waals surface area contributed by atoms with Crippen molar-refractivity contribution in [3.05, 3.63) is 93.6 Å². The number of nitrogens with one attached hydrogen (secondary N) is 3. The van der Waals surface area contributed by atoms with Gasteiger partial charge in [0.25, 0.3) is 11.8 Å². The summed E-state index contributed by atoms with van der Waals surface area (Å²) in [5, 5.41) is 9.18. The van der Waals surface area contributed by atoms with E-state index in [2.05, 4.69) is 25.7 Å². The Morgan fingerprint density at radius 3 is 2.66 bits per heavy atom. The Morgan fingerprint density at radius 2 is 1.87 bits per heavy atom. The molecule has 2 amide bonds. The number of aromatic amines is 1. The Kier molecular flexibility index (Phi) is 6.56. The molecule has 3 heterocycles. The molecule has 13 heteroatoms. The molecule has 0 fully saturated rings. The molecule has 5 aromatic rings. The van der Waals surface area contributed by atoms with E-state index in [9.17, 15) is 23.2 Å². The highest BCUT2D eigenvalue weighted by atomic mass is 19.1. The van der Waals surface area contributed by atoms with Crippen molar-refractivity contribution >= 4 is 28.6 Å². The molecule has 0 saturated carbocycles. The molecule has 0 radical (unpaired) electrons. The lowest BCUT2D eigenvalue weighted by Crippen LogP contribution is -2.28. The van der Waals surface area contributed by atoms with Crippen LogP contribution in [0.3, 0.4) is 0 Å². The molecular weight excluding hydrogens is 502 g/mol. The van der Waals surface area contributed by atoms with E-state index in [1.54, 1.807) is 42.5 Å². The summed E-state index contributed by atoms with van der Waals surface area (Å²) < 4.78 is 38.4. The summed E-state index contributed by atoms with van der Waals surface area (Å²) in [5.41, 5.74) is 1.51. The molecule has 1 atom stereocenters. The average Bonchev–Trinajstić information content (AvgIpc) is 3.46. The fraction of sp³-hybridized carbons (Fsp3) is 0.160. The maximum atomic E-state index is 14.3. The third-order valence-corrected chi connectivity index (χ3v) is 5.48. The van der Waals surface area contributed by atoms with Crippen LogP contribution in [0.5, 0.6) is 5.75 Å². The first-order valence-electron chi connectivity index (χ1n) is 11.4. The van der Waals surface area contributed by atoms with Gasteiger partial charge in [0.05, 0.1) is 11.7 Å². The summed E-state index contributed by atoms with van der Waals surface area (Å²) in [7, 11) is 0. The van der Waals surface area contributed by atoms with E-state index in [0.29, 0.717) is 28.0 Å². The molecule has 0 bridgehead atoms. The largest absolute Gasteiger partial charge is 0.461 e. The minimum absolute atomic E-state index is 0.0460. The number of fused-ring (bicyclic) bond motifs is 2. The monoisotopic (exact) mass is 522 g/mol. The number of hydrogen-bond acceptors (Lipinski definition) is 7. The number of ether oxygens (including phenoxy) is 1. The molecule has 1 unspecified atom stereocenters. The van der Waals surface area contributed by atoms with E-state index >= 15 is 0 Å². The molecule has 2 aromatic carbocycles. The topological polar surface area (TPSA) is 144 Å². The van der Waals surface area contributed by atoms with Crippen molar-refractivity contribution in [2.24, 2.45) is 0 Å². The molecule has 38 heavy (non-hydrogen) atoms. The summed E-state index contributed by atoms with van der Waals surface area (Å²) in [6, 6.07) is 12.6. The van der Waals surface area contributed by atoms with E-state index < -0.39 is 29.7 Å². The first kappa shape index (κ1) is 24.6. The normalized spacial score (nSPS) is 12.0. The second-order valence-electron chi connectivity index (χ2n) is 8.27. The fourth-order valence-electron chi connectivity index (χ4n) is 3.79. The number of benzene rings is 2. The van der Waals surface area contributed by atoms with Gasteiger partial charge in [0.15, 0.2) is 17.0 Å². The van der Waals surface area contributed by atoms with Crippen LogP contribution in [-0.2, 0) is 13.1 Å². The zero-order chi connectivity index (χ0) is 26.8. The van der Waals surface area contributed by atoms with Gasteiger partial charge in [-0.15, -0.1) is 0 Å². The maximum absolute atomic E-state index is 14.3. The minimum atomic E-state index is -1.50. The number of alkyl halides is 1. The lowest BCUT2D eigenvalue weighted by molar-refractivity contribution is 0.0857. The van der Waals surface area contributed by atoms with Crippen LogP contribution >= 0.6 is 0 Å². The van der Waals surface area contributed by atoms with Gasteiger partial charge >= 0.3 is 5.76 Å². The van der Waals surface area contributed by atoms with Gasteiger partial charge in [-0.2, -0.15) is 5.10 Å². The molecule has 3 aromatic heterocycles. The third kappa shape index (κ3) is 5.21. The molecule has 5 rings (SSSR count). The van der Waals surface area contributed by atoms with Crippen LogP contribution in [0.2, 0.25) is 0 Å². The first-order chi connectivity index (χ1) is 18.3. The maximum Gasteiger partial charge on any atom is 0.417 e. The molecule has 11 nitrogen and oxygen atoms in total. The molecule has 0 spiro atoms. The van der Waals surface area contributed by atoms with Gasteiger partial charge in [-0.1, -0.05) is 18.2 Å². The summed E-state index contributed by atoms with van der Waals surface area (Å²) in [6.07, 6.45) is -0.609. The fourth-order valence-corrected chi connectivity index (χ4v) is 3.79. The summed E-state index contributed by atoms with van der Waals surface area (Å²) >= 11 is 0. The molecule has 3 N–H and O–H groups in total. The van der Waals surface area contributed by atoms with Crippen molar-refractivity contribution in [2.45, 2.75) is 26.4 Å². The quantitative estimate of drug-likeness (QED) is 0.284. The van der Waals surface area contributed by atoms with E-state index in [4.69, 9.17) is 9.15 Å². The third-order valence-electron chi connectivity index (χ3n) is 5.48. The van der Waals surface area contributed by atoms with Gasteiger partial charge in [-0.3, -0.25) is 14.6 Å². The van der Waals surface area contributed by atoms with Gasteiger partial charge in [0.1, 0.15) is 17.1 Å². The first-order valence-corrected chi connectivity index (χ1v) is 11.4. The molecular formula is C25H20F2N6O5. The average molecular weight is 522 g/mol. The van der Waals surface area contributed by atoms with E-state index in [0.717, 1.165) is 10.7 Å². The number of H-pyrrole nitrogens is 1. The van der Waals surface area contributed by atoms with E-state index in [1.807, 2.05) is 0 Å². The smallest absolute Gasteiger partial charge is 0.417 e. The molecule has 0 aliphatic heterocycles. The Morgan fingerprint density at radius 1 is 1.11 bits per heavy atom. The number of oxazole rings is 1. The summed E-state index contributed by atoms with van der Waals surface area (Å²) in [6.45, 7) is 1.36. The predicted octanol–water partition coefficient (Wildman–Crippen LogP) is 2.86. The van der Waals surface area contributed by atoms with Crippen LogP contribution in [-0.4, -0.2) is 37.8 Å². The number of rotatable bonds is 8. The number of carbonyl (C=O) groups is 2. The molecule has 194 valence electrons. The van der Waals surface area contributed by atoms with Crippen molar-refractivity contribution in [1.29, 1.82) is 0 Å².